The second kappa shape index (κ2) is 10.1. The SMILES string of the molecule is CC(C)N(CCNC(=O)c1cnc(-c2ccc(N3CCOCC3)nc2)s1)C(C)C. The van der Waals surface area contributed by atoms with E-state index in [1.807, 2.05) is 18.3 Å². The maximum atomic E-state index is 12.5. The molecule has 1 saturated heterocycles. The van der Waals surface area contributed by atoms with Gasteiger partial charge in [0.1, 0.15) is 15.7 Å². The van der Waals surface area contributed by atoms with Gasteiger partial charge in [-0.2, -0.15) is 0 Å². The molecular weight excluding hydrogens is 386 g/mol. The number of pyridine rings is 1. The maximum Gasteiger partial charge on any atom is 0.263 e. The van der Waals surface area contributed by atoms with Crippen molar-refractivity contribution in [1.82, 2.24) is 20.2 Å². The van der Waals surface area contributed by atoms with Crippen LogP contribution in [0.2, 0.25) is 0 Å². The highest BCUT2D eigenvalue weighted by Gasteiger charge is 2.16. The van der Waals surface area contributed by atoms with Gasteiger partial charge in [-0.25, -0.2) is 9.97 Å². The van der Waals surface area contributed by atoms with Crippen LogP contribution in [0.15, 0.2) is 24.5 Å². The van der Waals surface area contributed by atoms with Crippen LogP contribution in [0.25, 0.3) is 10.6 Å². The lowest BCUT2D eigenvalue weighted by atomic mass is 10.2. The molecule has 29 heavy (non-hydrogen) atoms. The van der Waals surface area contributed by atoms with Crippen molar-refractivity contribution in [2.24, 2.45) is 0 Å². The standard InChI is InChI=1S/C21H31N5O2S/c1-15(2)26(16(3)4)8-7-22-20(27)18-14-24-21(29-18)17-5-6-19(23-13-17)25-9-11-28-12-10-25/h5-6,13-16H,7-12H2,1-4H3,(H,22,27). The number of aromatic nitrogens is 2. The second-order valence-corrected chi connectivity index (χ2v) is 8.75. The molecule has 0 radical (unpaired) electrons. The number of carbonyl (C=O) groups is 1. The number of hydrogen-bond donors (Lipinski definition) is 1. The van der Waals surface area contributed by atoms with Crippen LogP contribution in [-0.2, 0) is 4.74 Å². The molecule has 0 spiro atoms. The van der Waals surface area contributed by atoms with E-state index in [9.17, 15) is 4.79 Å². The molecule has 0 atom stereocenters. The van der Waals surface area contributed by atoms with Crippen LogP contribution in [0.5, 0.6) is 0 Å². The molecular formula is C21H31N5O2S. The highest BCUT2D eigenvalue weighted by molar-refractivity contribution is 7.16. The van der Waals surface area contributed by atoms with Gasteiger partial charge in [0.05, 0.1) is 19.4 Å². The van der Waals surface area contributed by atoms with Crippen LogP contribution in [0.4, 0.5) is 5.82 Å². The summed E-state index contributed by atoms with van der Waals surface area (Å²) in [4.78, 5) is 26.7. The van der Waals surface area contributed by atoms with Crippen LogP contribution in [0, 0.1) is 0 Å². The molecule has 8 heteroatoms. The molecule has 3 heterocycles. The Morgan fingerprint density at radius 3 is 2.52 bits per heavy atom. The number of amides is 1. The molecule has 3 rings (SSSR count). The first kappa shape index (κ1) is 21.7. The van der Waals surface area contributed by atoms with Gasteiger partial charge in [0, 0.05) is 50.0 Å². The fourth-order valence-corrected chi connectivity index (χ4v) is 4.33. The first-order valence-corrected chi connectivity index (χ1v) is 11.1. The van der Waals surface area contributed by atoms with E-state index >= 15 is 0 Å². The predicted octanol–water partition coefficient (Wildman–Crippen LogP) is 2.89. The summed E-state index contributed by atoms with van der Waals surface area (Å²) in [6.45, 7) is 13.4. The first-order valence-electron chi connectivity index (χ1n) is 10.2. The van der Waals surface area contributed by atoms with Gasteiger partial charge in [0.25, 0.3) is 5.91 Å². The monoisotopic (exact) mass is 417 g/mol. The van der Waals surface area contributed by atoms with E-state index in [0.717, 1.165) is 49.2 Å². The number of rotatable bonds is 8. The number of hydrogen-bond acceptors (Lipinski definition) is 7. The van der Waals surface area contributed by atoms with Crippen LogP contribution in [-0.4, -0.2) is 72.3 Å². The average Bonchev–Trinajstić information content (AvgIpc) is 3.21. The Kier molecular flexibility index (Phi) is 7.57. The summed E-state index contributed by atoms with van der Waals surface area (Å²) < 4.78 is 5.39. The third-order valence-electron chi connectivity index (χ3n) is 5.04. The molecule has 0 bridgehead atoms. The lowest BCUT2D eigenvalue weighted by Gasteiger charge is -2.30. The minimum absolute atomic E-state index is 0.0703. The zero-order valence-corrected chi connectivity index (χ0v) is 18.5. The van der Waals surface area contributed by atoms with Gasteiger partial charge in [0.15, 0.2) is 0 Å². The van der Waals surface area contributed by atoms with Crippen LogP contribution < -0.4 is 10.2 Å². The predicted molar refractivity (Wildman–Crippen MR) is 118 cm³/mol. The Morgan fingerprint density at radius 2 is 1.90 bits per heavy atom. The Bertz CT molecular complexity index is 777. The third kappa shape index (κ3) is 5.74. The van der Waals surface area contributed by atoms with Crippen LogP contribution in [0.1, 0.15) is 37.4 Å². The Hall–Kier alpha value is -2.03. The molecule has 1 aliphatic rings. The van der Waals surface area contributed by atoms with E-state index in [0.29, 0.717) is 23.5 Å². The van der Waals surface area contributed by atoms with E-state index in [1.54, 1.807) is 6.20 Å². The number of anilines is 1. The van der Waals surface area contributed by atoms with Crippen molar-refractivity contribution in [3.8, 4) is 10.6 Å². The van der Waals surface area contributed by atoms with Gasteiger partial charge in [-0.15, -0.1) is 11.3 Å². The Balaban J connectivity index is 1.56. The molecule has 1 aliphatic heterocycles. The Morgan fingerprint density at radius 1 is 1.17 bits per heavy atom. The summed E-state index contributed by atoms with van der Waals surface area (Å²) in [5, 5.41) is 3.82. The second-order valence-electron chi connectivity index (χ2n) is 7.72. The summed E-state index contributed by atoms with van der Waals surface area (Å²) >= 11 is 1.40. The van der Waals surface area contributed by atoms with Gasteiger partial charge in [-0.05, 0) is 39.8 Å². The zero-order chi connectivity index (χ0) is 20.8. The molecule has 0 saturated carbocycles. The van der Waals surface area contributed by atoms with Crippen molar-refractivity contribution in [3.05, 3.63) is 29.4 Å². The molecule has 1 fully saturated rings. The molecule has 0 unspecified atom stereocenters. The van der Waals surface area contributed by atoms with Crippen molar-refractivity contribution in [2.45, 2.75) is 39.8 Å². The number of carbonyl (C=O) groups excluding carboxylic acids is 1. The van der Waals surface area contributed by atoms with Crippen LogP contribution >= 0.6 is 11.3 Å². The van der Waals surface area contributed by atoms with Crippen molar-refractivity contribution in [2.75, 3.05) is 44.3 Å². The van der Waals surface area contributed by atoms with Crippen LogP contribution in [0.3, 0.4) is 0 Å². The lowest BCUT2D eigenvalue weighted by molar-refractivity contribution is 0.0943. The van der Waals surface area contributed by atoms with Crippen molar-refractivity contribution >= 4 is 23.1 Å². The van der Waals surface area contributed by atoms with Gasteiger partial charge in [-0.1, -0.05) is 0 Å². The molecule has 1 amide bonds. The molecule has 0 aromatic carbocycles. The average molecular weight is 418 g/mol. The maximum absolute atomic E-state index is 12.5. The smallest absolute Gasteiger partial charge is 0.263 e. The highest BCUT2D eigenvalue weighted by atomic mass is 32.1. The number of morpholine rings is 1. The van der Waals surface area contributed by atoms with Crippen molar-refractivity contribution in [3.63, 3.8) is 0 Å². The Labute approximate surface area is 177 Å². The number of thiazole rings is 1. The van der Waals surface area contributed by atoms with Crippen molar-refractivity contribution in [1.29, 1.82) is 0 Å². The van der Waals surface area contributed by atoms with Crippen molar-refractivity contribution < 1.29 is 9.53 Å². The molecule has 1 N–H and O–H groups in total. The van der Waals surface area contributed by atoms with Gasteiger partial charge in [0.2, 0.25) is 0 Å². The fraction of sp³-hybridized carbons (Fsp3) is 0.571. The van der Waals surface area contributed by atoms with E-state index < -0.39 is 0 Å². The summed E-state index contributed by atoms with van der Waals surface area (Å²) in [5.41, 5.74) is 0.928. The van der Waals surface area contributed by atoms with E-state index in [4.69, 9.17) is 4.74 Å². The third-order valence-corrected chi connectivity index (χ3v) is 6.09. The lowest BCUT2D eigenvalue weighted by Crippen LogP contribution is -2.42. The molecule has 7 nitrogen and oxygen atoms in total. The summed E-state index contributed by atoms with van der Waals surface area (Å²) in [6, 6.07) is 4.93. The summed E-state index contributed by atoms with van der Waals surface area (Å²) in [7, 11) is 0. The van der Waals surface area contributed by atoms with Gasteiger partial charge in [-0.3, -0.25) is 9.69 Å². The minimum atomic E-state index is -0.0703. The van der Waals surface area contributed by atoms with E-state index in [1.165, 1.54) is 11.3 Å². The normalized spacial score (nSPS) is 14.8. The molecule has 2 aromatic heterocycles. The van der Waals surface area contributed by atoms with Gasteiger partial charge >= 0.3 is 0 Å². The molecule has 0 aliphatic carbocycles. The van der Waals surface area contributed by atoms with E-state index in [-0.39, 0.29) is 5.91 Å². The largest absolute Gasteiger partial charge is 0.378 e. The topological polar surface area (TPSA) is 70.6 Å². The zero-order valence-electron chi connectivity index (χ0n) is 17.7. The quantitative estimate of drug-likeness (QED) is 0.712. The first-order chi connectivity index (χ1) is 14.0. The number of nitrogens with zero attached hydrogens (tertiary/aromatic N) is 4. The fourth-order valence-electron chi connectivity index (χ4n) is 3.50. The summed E-state index contributed by atoms with van der Waals surface area (Å²) in [6.07, 6.45) is 3.47. The summed E-state index contributed by atoms with van der Waals surface area (Å²) in [5.74, 6) is 0.880. The van der Waals surface area contributed by atoms with Gasteiger partial charge < -0.3 is 15.0 Å². The molecule has 2 aromatic rings. The number of ether oxygens (including phenoxy) is 1. The number of nitrogens with one attached hydrogen (secondary N) is 1. The highest BCUT2D eigenvalue weighted by Crippen LogP contribution is 2.26. The molecule has 158 valence electrons. The van der Waals surface area contributed by atoms with E-state index in [2.05, 4.69) is 52.8 Å². The minimum Gasteiger partial charge on any atom is -0.378 e.